The molecule has 0 aromatic carbocycles. The number of carbonyl (C=O) groups excluding carboxylic acids is 5. The Bertz CT molecular complexity index is 2060. The smallest absolute Gasteiger partial charge is 1.00 e. The molecule has 6 amide bonds. The monoisotopic (exact) mass is 1650 g/mol. The number of nitrogens with one attached hydrogen (secondary N) is 6. The van der Waals surface area contributed by atoms with E-state index in [4.69, 9.17) is 18.1 Å². The van der Waals surface area contributed by atoms with Crippen LogP contribution in [0, 0.1) is 0 Å². The van der Waals surface area contributed by atoms with Gasteiger partial charge in [0.2, 0.25) is 23.6 Å². The summed E-state index contributed by atoms with van der Waals surface area (Å²) in [6, 6.07) is -2.19. The zero-order valence-corrected chi connectivity index (χ0v) is 80.2. The van der Waals surface area contributed by atoms with E-state index in [-0.39, 0.29) is 137 Å². The third-order valence-corrected chi connectivity index (χ3v) is 23.7. The van der Waals surface area contributed by atoms with Crippen molar-refractivity contribution in [3.05, 3.63) is 0 Å². The molecule has 0 bridgehead atoms. The van der Waals surface area contributed by atoms with Crippen LogP contribution in [0.2, 0.25) is 0 Å². The summed E-state index contributed by atoms with van der Waals surface area (Å²) in [7, 11) is -9.35. The molecule has 6 atom stereocenters. The third-order valence-electron chi connectivity index (χ3n) is 21.7. The fourth-order valence-corrected chi connectivity index (χ4v) is 16.2. The molecule has 4 unspecified atom stereocenters. The van der Waals surface area contributed by atoms with Crippen LogP contribution in [0.1, 0.15) is 481 Å². The van der Waals surface area contributed by atoms with Gasteiger partial charge in [-0.05, 0) is 64.2 Å². The van der Waals surface area contributed by atoms with Gasteiger partial charge in [0, 0.05) is 50.9 Å². The van der Waals surface area contributed by atoms with Crippen LogP contribution in [0.5, 0.6) is 0 Å². The van der Waals surface area contributed by atoms with Crippen molar-refractivity contribution in [2.24, 2.45) is 0 Å². The average molecular weight is 1650 g/mol. The van der Waals surface area contributed by atoms with Gasteiger partial charge < -0.3 is 44.5 Å². The van der Waals surface area contributed by atoms with E-state index in [2.05, 4.69) is 73.4 Å². The minimum absolute atomic E-state index is 0. The maximum Gasteiger partial charge on any atom is 1.00 e. The second-order valence-electron chi connectivity index (χ2n) is 32.6. The molecule has 656 valence electrons. The number of amides is 6. The van der Waals surface area contributed by atoms with Gasteiger partial charge in [-0.25, -0.2) is 13.9 Å². The number of hydrogen-bond donors (Lipinski definition) is 8. The first kappa shape index (κ1) is 116. The first-order valence-corrected chi connectivity index (χ1v) is 49.9. The molecule has 0 aromatic rings. The molecule has 0 rings (SSSR count). The van der Waals surface area contributed by atoms with E-state index in [1.807, 2.05) is 0 Å². The van der Waals surface area contributed by atoms with Gasteiger partial charge in [0.15, 0.2) is 0 Å². The predicted molar refractivity (Wildman–Crippen MR) is 463 cm³/mol. The second kappa shape index (κ2) is 88.2. The molecule has 0 fully saturated rings. The molecule has 0 aromatic heterocycles. The zero-order valence-electron chi connectivity index (χ0n) is 76.4. The van der Waals surface area contributed by atoms with Crippen LogP contribution in [-0.4, -0.2) is 103 Å². The second-order valence-corrected chi connectivity index (χ2v) is 35.5. The van der Waals surface area contributed by atoms with E-state index in [1.54, 1.807) is 0 Å². The quantitative estimate of drug-likeness (QED) is 0.0160. The average Bonchev–Trinajstić information content (AvgIpc) is 0.903. The summed E-state index contributed by atoms with van der Waals surface area (Å²) < 4.78 is 48.4. The van der Waals surface area contributed by atoms with E-state index in [1.165, 1.54) is 244 Å². The number of phosphoric acid groups is 2. The van der Waals surface area contributed by atoms with E-state index in [0.29, 0.717) is 51.4 Å². The molecule has 0 saturated heterocycles. The van der Waals surface area contributed by atoms with Gasteiger partial charge in [-0.1, -0.05) is 388 Å². The Balaban J connectivity index is -0.00000990. The Morgan fingerprint density at radius 3 is 0.652 bits per heavy atom. The third kappa shape index (κ3) is 84.4. The molecule has 23 heteroatoms. The maximum absolute atomic E-state index is 13.5. The van der Waals surface area contributed by atoms with Gasteiger partial charge in [-0.15, -0.1) is 0 Å². The van der Waals surface area contributed by atoms with Crippen LogP contribution < -0.4 is 91.0 Å². The van der Waals surface area contributed by atoms with Crippen molar-refractivity contribution in [2.75, 3.05) is 39.5 Å². The fourth-order valence-electron chi connectivity index (χ4n) is 14.6. The molecular formula is C89H180N6Na2O13P2. The Hall–Kier alpha value is -0.630. The van der Waals surface area contributed by atoms with Crippen molar-refractivity contribution in [1.29, 1.82) is 0 Å². The summed E-state index contributed by atoms with van der Waals surface area (Å²) in [6.45, 7) is 11.7. The van der Waals surface area contributed by atoms with Crippen molar-refractivity contribution in [3.8, 4) is 0 Å². The van der Waals surface area contributed by atoms with Gasteiger partial charge in [-0.2, -0.15) is 0 Å². The van der Waals surface area contributed by atoms with E-state index in [9.17, 15) is 42.9 Å². The van der Waals surface area contributed by atoms with Crippen molar-refractivity contribution < 1.29 is 123 Å². The van der Waals surface area contributed by atoms with Gasteiger partial charge in [0.05, 0.1) is 38.5 Å². The first-order valence-electron chi connectivity index (χ1n) is 47.0. The van der Waals surface area contributed by atoms with Crippen molar-refractivity contribution >= 4 is 45.3 Å². The topological polar surface area (TPSA) is 269 Å². The molecule has 8 N–H and O–H groups in total. The van der Waals surface area contributed by atoms with Gasteiger partial charge in [0.1, 0.15) is 0 Å². The Morgan fingerprint density at radius 2 is 0.438 bits per heavy atom. The number of unbranched alkanes of at least 4 members (excludes halogenated alkanes) is 52. The number of rotatable bonds is 88. The molecule has 0 aliphatic carbocycles. The minimum atomic E-state index is -4.68. The molecule has 0 radical (unpaired) electrons. The molecule has 0 aliphatic rings. The molecule has 19 nitrogen and oxygen atoms in total. The maximum atomic E-state index is 13.5. The van der Waals surface area contributed by atoms with Crippen LogP contribution in [0.15, 0.2) is 0 Å². The zero-order chi connectivity index (χ0) is 80.6. The molecule has 0 spiro atoms. The SMILES string of the molecule is CCCCCCCCCCCCCC(=O)NC(CCCCCCCCC)CC[C@H](COP(=O)(O)OCCNC(=O)NCCOP(=O)(O)OC[C@@H](CCC(CCCCCCCCC)NC(=O)CCCCCCCCCCCCC)NC(=O)CCCCCCCCCCCCC)NC(=O)CCCCCCCCCCCCC.[H-].[H-].[Na+].[Na+]. The predicted octanol–water partition coefficient (Wildman–Crippen LogP) is 19.4. The van der Waals surface area contributed by atoms with Crippen molar-refractivity contribution in [2.45, 2.75) is 502 Å². The largest absolute Gasteiger partial charge is 1.00 e. The number of phosphoric ester groups is 2. The Labute approximate surface area is 736 Å². The molecular weight excluding hydrogens is 1470 g/mol. The van der Waals surface area contributed by atoms with Crippen LogP contribution in [0.4, 0.5) is 4.79 Å². The fraction of sp³-hybridized carbons (Fsp3) is 0.944. The van der Waals surface area contributed by atoms with Gasteiger partial charge in [0.25, 0.3) is 0 Å². The van der Waals surface area contributed by atoms with Gasteiger partial charge in [-0.3, -0.25) is 37.3 Å². The number of hydrogen-bond acceptors (Lipinski definition) is 11. The molecule has 0 saturated carbocycles. The summed E-state index contributed by atoms with van der Waals surface area (Å²) in [5, 5.41) is 17.9. The Morgan fingerprint density at radius 1 is 0.259 bits per heavy atom. The summed E-state index contributed by atoms with van der Waals surface area (Å²) in [6.07, 6.45) is 73.4. The summed E-state index contributed by atoms with van der Waals surface area (Å²) in [5.74, 6) is -0.232. The molecule has 0 aliphatic heterocycles. The van der Waals surface area contributed by atoms with E-state index < -0.39 is 33.8 Å². The molecule has 0 heterocycles. The van der Waals surface area contributed by atoms with E-state index >= 15 is 0 Å². The van der Waals surface area contributed by atoms with Crippen LogP contribution in [0.25, 0.3) is 0 Å². The number of urea groups is 1. The van der Waals surface area contributed by atoms with Crippen LogP contribution in [-0.2, 0) is 46.4 Å². The minimum Gasteiger partial charge on any atom is -1.00 e. The van der Waals surface area contributed by atoms with Crippen LogP contribution in [0.3, 0.4) is 0 Å². The molecule has 112 heavy (non-hydrogen) atoms. The van der Waals surface area contributed by atoms with Crippen LogP contribution >= 0.6 is 15.6 Å². The van der Waals surface area contributed by atoms with Gasteiger partial charge >= 0.3 is 80.8 Å². The van der Waals surface area contributed by atoms with Crippen molar-refractivity contribution in [3.63, 3.8) is 0 Å². The number of carbonyl (C=O) groups is 5. The summed E-state index contributed by atoms with van der Waals surface area (Å²) in [5.41, 5.74) is 0. The van der Waals surface area contributed by atoms with Crippen molar-refractivity contribution in [1.82, 2.24) is 31.9 Å². The Kier molecular flexibility index (Phi) is 90.9. The normalized spacial score (nSPS) is 13.6. The standard InChI is InChI=1S/C89H178N6O13P2.2Na.2H/c1-7-13-19-25-31-35-39-43-49-55-61-67-85(96)92-81(65-59-53-47-29-23-17-11-5)71-73-83(94-87(98)69-63-57-51-45-41-37-33-27-21-15-9-3)79-107-109(101,102)105-77-75-90-89(100)91-76-78-106-110(103,104)108-80-84(95-88(99)70-64-58-52-46-42-38-34-28-22-16-10-4)74-72-82(66-60-54-48-30-24-18-12-6)93-86(97)68-62-56-50-44-40-36-32-26-20-14-8-2;;;;/h81-84H,7-80H2,1-6H3,(H,92,96)(H,93,97)(H,94,98)(H,95,99)(H,101,102)(H,103,104)(H2,90,91,100);;;;/q;2*+1;2*-1/t81?,82?,83-,84-;;;;/m1..../s1. The van der Waals surface area contributed by atoms with E-state index in [0.717, 1.165) is 141 Å². The summed E-state index contributed by atoms with van der Waals surface area (Å²) >= 11 is 0. The summed E-state index contributed by atoms with van der Waals surface area (Å²) in [4.78, 5) is 88.6. The first-order chi connectivity index (χ1) is 53.5.